The van der Waals surface area contributed by atoms with Crippen LogP contribution in [-0.4, -0.2) is 98.8 Å². The number of carbonyl (C=O) groups is 6. The fourth-order valence-corrected chi connectivity index (χ4v) is 7.11. The molecule has 0 unspecified atom stereocenters. The third kappa shape index (κ3) is 10.5. The number of hydrogen-bond donors (Lipinski definition) is 1. The Kier molecular flexibility index (Phi) is 14.0. The number of rotatable bonds is 14. The highest BCUT2D eigenvalue weighted by atomic mass is 19.1. The van der Waals surface area contributed by atoms with Crippen molar-refractivity contribution in [3.63, 3.8) is 0 Å². The van der Waals surface area contributed by atoms with E-state index in [1.54, 1.807) is 66.7 Å². The van der Waals surface area contributed by atoms with Crippen molar-refractivity contribution in [3.8, 4) is 0 Å². The highest BCUT2D eigenvalue weighted by molar-refractivity contribution is 6.04. The highest BCUT2D eigenvalue weighted by Crippen LogP contribution is 2.51. The standard InChI is InChI=1S/C41H57FN4O10/c1-10-13-14-15-16-20-31(43-36(50)55-39(4,5)6)33(47)45-24-28(54-37(51)44-23-26-18-17-19-30(42)29(26)25-44)21-32(45)34(48)46(38(52)56-40(7,8)9)41(22-27(41)11-2)35(49)53-12-3/h10-11,17-19,27-28,31-32H,1-2,12-16,20-25H2,3-9H3,(H,43,50)/t27-,28-,31+,32+,41+/m1/s1. The summed E-state index contributed by atoms with van der Waals surface area (Å²) >= 11 is 0. The largest absolute Gasteiger partial charge is 0.464 e. The van der Waals surface area contributed by atoms with Crippen LogP contribution in [0.25, 0.3) is 0 Å². The van der Waals surface area contributed by atoms with E-state index in [2.05, 4.69) is 18.5 Å². The predicted octanol–water partition coefficient (Wildman–Crippen LogP) is 6.55. The lowest BCUT2D eigenvalue weighted by Crippen LogP contribution is -2.60. The van der Waals surface area contributed by atoms with E-state index in [9.17, 15) is 33.2 Å². The summed E-state index contributed by atoms with van der Waals surface area (Å²) in [5, 5.41) is 2.67. The molecule has 0 radical (unpaired) electrons. The number of imide groups is 1. The van der Waals surface area contributed by atoms with E-state index >= 15 is 0 Å². The van der Waals surface area contributed by atoms with E-state index in [-0.39, 0.29) is 45.5 Å². The van der Waals surface area contributed by atoms with Gasteiger partial charge in [-0.25, -0.2) is 28.5 Å². The number of ether oxygens (including phenoxy) is 4. The van der Waals surface area contributed by atoms with Gasteiger partial charge in [0.1, 0.15) is 35.2 Å². The van der Waals surface area contributed by atoms with Crippen molar-refractivity contribution < 1.29 is 52.1 Å². The number of halogens is 1. The number of fused-ring (bicyclic) bond motifs is 1. The molecule has 5 atom stereocenters. The first-order chi connectivity index (χ1) is 26.3. The Hall–Kier alpha value is -4.95. The normalized spacial score (nSPS) is 22.0. The molecule has 2 heterocycles. The maximum Gasteiger partial charge on any atom is 0.418 e. The monoisotopic (exact) mass is 784 g/mol. The Morgan fingerprint density at radius 1 is 1.02 bits per heavy atom. The molecule has 3 aliphatic rings. The van der Waals surface area contributed by atoms with Crippen LogP contribution in [0.3, 0.4) is 0 Å². The number of allylic oxidation sites excluding steroid dienone is 1. The minimum absolute atomic E-state index is 0.0129. The number of carbonyl (C=O) groups excluding carboxylic acids is 6. The van der Waals surface area contributed by atoms with Crippen LogP contribution in [0, 0.1) is 11.7 Å². The Balaban J connectivity index is 1.72. The van der Waals surface area contributed by atoms with Gasteiger partial charge in [-0.05, 0) is 85.8 Å². The van der Waals surface area contributed by atoms with Gasteiger partial charge >= 0.3 is 24.2 Å². The molecule has 0 aromatic heterocycles. The molecule has 1 saturated carbocycles. The second kappa shape index (κ2) is 17.9. The molecular weight excluding hydrogens is 727 g/mol. The first-order valence-corrected chi connectivity index (χ1v) is 19.3. The average molecular weight is 785 g/mol. The third-order valence-electron chi connectivity index (χ3n) is 9.77. The minimum atomic E-state index is -1.80. The molecule has 1 saturated heterocycles. The fraction of sp³-hybridized carbons (Fsp3) is 0.610. The van der Waals surface area contributed by atoms with Crippen molar-refractivity contribution in [3.05, 3.63) is 60.5 Å². The number of likely N-dealkylation sites (tertiary alicyclic amines) is 1. The molecule has 1 N–H and O–H groups in total. The van der Waals surface area contributed by atoms with Crippen molar-refractivity contribution in [2.24, 2.45) is 5.92 Å². The predicted molar refractivity (Wildman–Crippen MR) is 203 cm³/mol. The summed E-state index contributed by atoms with van der Waals surface area (Å²) in [6.45, 7) is 18.7. The van der Waals surface area contributed by atoms with Crippen LogP contribution in [0.15, 0.2) is 43.5 Å². The quantitative estimate of drug-likeness (QED) is 0.0949. The summed E-state index contributed by atoms with van der Waals surface area (Å²) in [4.78, 5) is 87.1. The van der Waals surface area contributed by atoms with Gasteiger partial charge in [-0.1, -0.05) is 37.1 Å². The Bertz CT molecular complexity index is 1690. The van der Waals surface area contributed by atoms with Crippen LogP contribution in [0.5, 0.6) is 0 Å². The van der Waals surface area contributed by atoms with Crippen LogP contribution in [0.4, 0.5) is 18.8 Å². The van der Waals surface area contributed by atoms with Gasteiger partial charge < -0.3 is 29.2 Å². The summed E-state index contributed by atoms with van der Waals surface area (Å²) in [5.74, 6) is -3.61. The highest BCUT2D eigenvalue weighted by Gasteiger charge is 2.69. The lowest BCUT2D eigenvalue weighted by Gasteiger charge is -2.35. The van der Waals surface area contributed by atoms with E-state index in [0.29, 0.717) is 24.0 Å². The van der Waals surface area contributed by atoms with Crippen LogP contribution in [-0.2, 0) is 46.4 Å². The van der Waals surface area contributed by atoms with Crippen molar-refractivity contribution in [2.75, 3.05) is 13.2 Å². The molecule has 15 heteroatoms. The van der Waals surface area contributed by atoms with Crippen molar-refractivity contribution >= 4 is 36.1 Å². The molecule has 2 aliphatic heterocycles. The molecule has 0 spiro atoms. The zero-order chi connectivity index (χ0) is 41.6. The lowest BCUT2D eigenvalue weighted by atomic mass is 10.0. The van der Waals surface area contributed by atoms with Crippen LogP contribution in [0.1, 0.15) is 105 Å². The molecule has 2 fully saturated rings. The number of alkyl carbamates (subject to hydrolysis) is 1. The van der Waals surface area contributed by atoms with Gasteiger partial charge in [0.2, 0.25) is 5.91 Å². The van der Waals surface area contributed by atoms with E-state index in [1.807, 2.05) is 0 Å². The second-order valence-electron chi connectivity index (χ2n) is 16.5. The lowest BCUT2D eigenvalue weighted by molar-refractivity contribution is -0.159. The molecule has 14 nitrogen and oxygen atoms in total. The molecule has 0 bridgehead atoms. The van der Waals surface area contributed by atoms with Gasteiger partial charge in [0.15, 0.2) is 5.54 Å². The van der Waals surface area contributed by atoms with E-state index < -0.39 is 82.7 Å². The first-order valence-electron chi connectivity index (χ1n) is 19.3. The fourth-order valence-electron chi connectivity index (χ4n) is 7.11. The number of nitrogens with one attached hydrogen (secondary N) is 1. The topological polar surface area (TPSA) is 161 Å². The van der Waals surface area contributed by atoms with Crippen LogP contribution in [0.2, 0.25) is 0 Å². The average Bonchev–Trinajstić information content (AvgIpc) is 3.41. The van der Waals surface area contributed by atoms with Crippen molar-refractivity contribution in [2.45, 2.75) is 141 Å². The summed E-state index contributed by atoms with van der Waals surface area (Å²) < 4.78 is 36.9. The molecule has 1 aliphatic carbocycles. The second-order valence-corrected chi connectivity index (χ2v) is 16.5. The summed E-state index contributed by atoms with van der Waals surface area (Å²) in [7, 11) is 0. The van der Waals surface area contributed by atoms with E-state index in [1.165, 1.54) is 21.9 Å². The number of benzene rings is 1. The molecule has 5 amide bonds. The zero-order valence-electron chi connectivity index (χ0n) is 33.7. The summed E-state index contributed by atoms with van der Waals surface area (Å²) in [5.41, 5.74) is -2.78. The van der Waals surface area contributed by atoms with Gasteiger partial charge in [-0.2, -0.15) is 0 Å². The zero-order valence-corrected chi connectivity index (χ0v) is 33.7. The van der Waals surface area contributed by atoms with Gasteiger partial charge in [0, 0.05) is 24.4 Å². The number of unbranched alkanes of at least 4 members (excludes halogenated alkanes) is 3. The maximum absolute atomic E-state index is 15.0. The van der Waals surface area contributed by atoms with Crippen LogP contribution < -0.4 is 5.32 Å². The van der Waals surface area contributed by atoms with Crippen LogP contribution >= 0.6 is 0 Å². The number of esters is 1. The van der Waals surface area contributed by atoms with E-state index in [0.717, 1.165) is 17.7 Å². The third-order valence-corrected chi connectivity index (χ3v) is 9.77. The van der Waals surface area contributed by atoms with Gasteiger partial charge in [-0.15, -0.1) is 13.2 Å². The molecule has 308 valence electrons. The summed E-state index contributed by atoms with van der Waals surface area (Å²) in [6.07, 6.45) is 2.12. The summed E-state index contributed by atoms with van der Waals surface area (Å²) in [6, 6.07) is 1.94. The Labute approximate surface area is 328 Å². The van der Waals surface area contributed by atoms with Crippen molar-refractivity contribution in [1.82, 2.24) is 20.0 Å². The first kappa shape index (κ1) is 43.8. The molecular formula is C41H57FN4O10. The number of amides is 5. The maximum atomic E-state index is 15.0. The van der Waals surface area contributed by atoms with Gasteiger partial charge in [0.05, 0.1) is 19.7 Å². The smallest absolute Gasteiger partial charge is 0.418 e. The number of nitrogens with zero attached hydrogens (tertiary/aromatic N) is 3. The minimum Gasteiger partial charge on any atom is -0.464 e. The van der Waals surface area contributed by atoms with E-state index in [4.69, 9.17) is 18.9 Å². The number of hydrogen-bond acceptors (Lipinski definition) is 10. The molecule has 56 heavy (non-hydrogen) atoms. The van der Waals surface area contributed by atoms with Crippen molar-refractivity contribution in [1.29, 1.82) is 0 Å². The molecule has 1 aromatic rings. The van der Waals surface area contributed by atoms with Gasteiger partial charge in [-0.3, -0.25) is 14.5 Å². The SMILES string of the molecule is C=CCCCCC[C@H](NC(=O)OC(C)(C)C)C(=O)N1C[C@H](OC(=O)N2Cc3cccc(F)c3C2)C[C@H]1C(=O)N(C(=O)OC(C)(C)C)[C@@]1(C(=O)OCC)C[C@H]1C=C. The molecule has 4 rings (SSSR count). The Morgan fingerprint density at radius 2 is 1.71 bits per heavy atom. The van der Waals surface area contributed by atoms with Gasteiger partial charge in [0.25, 0.3) is 5.91 Å². The molecule has 1 aromatic carbocycles. The Morgan fingerprint density at radius 3 is 2.30 bits per heavy atom.